The number of amides is 1. The SMILES string of the molecule is Cc1ccc(-c2cc(C(=O)NCc3cc(C)oc3C)on2)cc1. The van der Waals surface area contributed by atoms with Crippen molar-refractivity contribution >= 4 is 5.91 Å². The average molecular weight is 310 g/mol. The Balaban J connectivity index is 1.69. The van der Waals surface area contributed by atoms with Crippen LogP contribution in [0.3, 0.4) is 0 Å². The minimum atomic E-state index is -0.297. The van der Waals surface area contributed by atoms with Gasteiger partial charge in [0.1, 0.15) is 17.2 Å². The van der Waals surface area contributed by atoms with Gasteiger partial charge < -0.3 is 14.3 Å². The summed E-state index contributed by atoms with van der Waals surface area (Å²) in [6.07, 6.45) is 0. The van der Waals surface area contributed by atoms with Gasteiger partial charge in [-0.15, -0.1) is 0 Å². The molecule has 0 spiro atoms. The second kappa shape index (κ2) is 6.12. The Bertz CT molecular complexity index is 828. The van der Waals surface area contributed by atoms with Crippen LogP contribution in [0, 0.1) is 20.8 Å². The fourth-order valence-corrected chi connectivity index (χ4v) is 2.36. The van der Waals surface area contributed by atoms with Crippen LogP contribution in [-0.2, 0) is 6.54 Å². The topological polar surface area (TPSA) is 68.3 Å². The van der Waals surface area contributed by atoms with Gasteiger partial charge in [-0.25, -0.2) is 0 Å². The summed E-state index contributed by atoms with van der Waals surface area (Å²) in [5.74, 6) is 1.53. The number of benzene rings is 1. The highest BCUT2D eigenvalue weighted by Gasteiger charge is 2.15. The first kappa shape index (κ1) is 15.1. The lowest BCUT2D eigenvalue weighted by Crippen LogP contribution is -2.22. The van der Waals surface area contributed by atoms with Crippen molar-refractivity contribution in [1.29, 1.82) is 0 Å². The van der Waals surface area contributed by atoms with E-state index in [0.717, 1.165) is 22.6 Å². The molecule has 0 fully saturated rings. The van der Waals surface area contributed by atoms with Gasteiger partial charge >= 0.3 is 0 Å². The van der Waals surface area contributed by atoms with E-state index in [9.17, 15) is 4.79 Å². The van der Waals surface area contributed by atoms with Gasteiger partial charge in [-0.2, -0.15) is 0 Å². The number of rotatable bonds is 4. The predicted octanol–water partition coefficient (Wildman–Crippen LogP) is 3.79. The summed E-state index contributed by atoms with van der Waals surface area (Å²) in [6.45, 7) is 6.16. The monoisotopic (exact) mass is 310 g/mol. The maximum Gasteiger partial charge on any atom is 0.290 e. The fraction of sp³-hybridized carbons (Fsp3) is 0.222. The van der Waals surface area contributed by atoms with Crippen LogP contribution < -0.4 is 5.32 Å². The average Bonchev–Trinajstić information content (AvgIpc) is 3.12. The van der Waals surface area contributed by atoms with Crippen molar-refractivity contribution in [2.75, 3.05) is 0 Å². The largest absolute Gasteiger partial charge is 0.466 e. The molecule has 5 nitrogen and oxygen atoms in total. The number of carbonyl (C=O) groups excluding carboxylic acids is 1. The van der Waals surface area contributed by atoms with E-state index in [1.54, 1.807) is 6.07 Å². The number of hydrogen-bond acceptors (Lipinski definition) is 4. The van der Waals surface area contributed by atoms with Crippen LogP contribution >= 0.6 is 0 Å². The van der Waals surface area contributed by atoms with E-state index in [1.165, 1.54) is 5.56 Å². The van der Waals surface area contributed by atoms with Crippen molar-refractivity contribution in [3.8, 4) is 11.3 Å². The lowest BCUT2D eigenvalue weighted by Gasteiger charge is -2.00. The Hall–Kier alpha value is -2.82. The normalized spacial score (nSPS) is 10.7. The lowest BCUT2D eigenvalue weighted by atomic mass is 10.1. The third-order valence-corrected chi connectivity index (χ3v) is 3.66. The molecule has 23 heavy (non-hydrogen) atoms. The quantitative estimate of drug-likeness (QED) is 0.796. The summed E-state index contributed by atoms with van der Waals surface area (Å²) < 4.78 is 10.6. The molecule has 0 saturated carbocycles. The number of furan rings is 1. The molecule has 3 aromatic rings. The van der Waals surface area contributed by atoms with Crippen molar-refractivity contribution in [3.05, 3.63) is 64.8 Å². The van der Waals surface area contributed by atoms with Crippen molar-refractivity contribution in [1.82, 2.24) is 10.5 Å². The minimum absolute atomic E-state index is 0.193. The number of nitrogens with zero attached hydrogens (tertiary/aromatic N) is 1. The Morgan fingerprint density at radius 3 is 2.52 bits per heavy atom. The Labute approximate surface area is 134 Å². The van der Waals surface area contributed by atoms with Crippen LogP contribution in [-0.4, -0.2) is 11.1 Å². The molecular weight excluding hydrogens is 292 g/mol. The van der Waals surface area contributed by atoms with Gasteiger partial charge in [0.15, 0.2) is 0 Å². The molecule has 0 aliphatic rings. The molecule has 1 N–H and O–H groups in total. The summed E-state index contributed by atoms with van der Waals surface area (Å²) >= 11 is 0. The highest BCUT2D eigenvalue weighted by Crippen LogP contribution is 2.20. The van der Waals surface area contributed by atoms with Gasteiger partial charge in [0, 0.05) is 23.7 Å². The maximum absolute atomic E-state index is 12.2. The zero-order valence-electron chi connectivity index (χ0n) is 13.3. The molecule has 0 saturated heterocycles. The zero-order chi connectivity index (χ0) is 16.4. The Morgan fingerprint density at radius 1 is 1.13 bits per heavy atom. The van der Waals surface area contributed by atoms with Gasteiger partial charge in [0.05, 0.1) is 0 Å². The van der Waals surface area contributed by atoms with E-state index in [2.05, 4.69) is 10.5 Å². The first-order valence-electron chi connectivity index (χ1n) is 7.41. The summed E-state index contributed by atoms with van der Waals surface area (Å²) in [4.78, 5) is 12.2. The van der Waals surface area contributed by atoms with E-state index in [4.69, 9.17) is 8.94 Å². The number of aromatic nitrogens is 1. The Kier molecular flexibility index (Phi) is 4.02. The summed E-state index contributed by atoms with van der Waals surface area (Å²) in [7, 11) is 0. The van der Waals surface area contributed by atoms with E-state index in [1.807, 2.05) is 51.1 Å². The van der Waals surface area contributed by atoms with E-state index in [-0.39, 0.29) is 11.7 Å². The summed E-state index contributed by atoms with van der Waals surface area (Å²) in [5, 5.41) is 6.77. The number of aryl methyl sites for hydroxylation is 3. The molecule has 2 heterocycles. The van der Waals surface area contributed by atoms with E-state index < -0.39 is 0 Å². The summed E-state index contributed by atoms with van der Waals surface area (Å²) in [6, 6.07) is 11.4. The van der Waals surface area contributed by atoms with Gasteiger partial charge in [0.25, 0.3) is 5.91 Å². The predicted molar refractivity (Wildman–Crippen MR) is 86.0 cm³/mol. The van der Waals surface area contributed by atoms with Crippen molar-refractivity contribution < 1.29 is 13.7 Å². The van der Waals surface area contributed by atoms with Gasteiger partial charge in [0.2, 0.25) is 5.76 Å². The summed E-state index contributed by atoms with van der Waals surface area (Å²) in [5.41, 5.74) is 3.68. The van der Waals surface area contributed by atoms with Crippen LogP contribution in [0.15, 0.2) is 45.3 Å². The molecule has 0 atom stereocenters. The Morgan fingerprint density at radius 2 is 1.87 bits per heavy atom. The first-order chi connectivity index (χ1) is 11.0. The van der Waals surface area contributed by atoms with Crippen molar-refractivity contribution in [3.63, 3.8) is 0 Å². The highest BCUT2D eigenvalue weighted by molar-refractivity contribution is 5.92. The van der Waals surface area contributed by atoms with E-state index in [0.29, 0.717) is 12.2 Å². The molecule has 3 rings (SSSR count). The van der Waals surface area contributed by atoms with Crippen LogP contribution in [0.4, 0.5) is 0 Å². The molecule has 0 aliphatic heterocycles. The van der Waals surface area contributed by atoms with Gasteiger partial charge in [-0.05, 0) is 26.8 Å². The molecular formula is C18H18N2O3. The van der Waals surface area contributed by atoms with Crippen LogP contribution in [0.1, 0.15) is 33.2 Å². The third kappa shape index (κ3) is 3.34. The second-order valence-corrected chi connectivity index (χ2v) is 5.56. The molecule has 1 aromatic carbocycles. The molecule has 0 bridgehead atoms. The second-order valence-electron chi connectivity index (χ2n) is 5.56. The van der Waals surface area contributed by atoms with Gasteiger partial charge in [-0.3, -0.25) is 4.79 Å². The van der Waals surface area contributed by atoms with Crippen LogP contribution in [0.25, 0.3) is 11.3 Å². The lowest BCUT2D eigenvalue weighted by molar-refractivity contribution is 0.0914. The number of hydrogen-bond donors (Lipinski definition) is 1. The number of carbonyl (C=O) groups is 1. The standard InChI is InChI=1S/C18H18N2O3/c1-11-4-6-14(7-5-11)16-9-17(23-20-16)18(21)19-10-15-8-12(2)22-13(15)3/h4-9H,10H2,1-3H3,(H,19,21). The van der Waals surface area contributed by atoms with Crippen molar-refractivity contribution in [2.24, 2.45) is 0 Å². The maximum atomic E-state index is 12.2. The fourth-order valence-electron chi connectivity index (χ4n) is 2.36. The van der Waals surface area contributed by atoms with Crippen LogP contribution in [0.2, 0.25) is 0 Å². The molecule has 0 aliphatic carbocycles. The molecule has 0 unspecified atom stereocenters. The molecule has 118 valence electrons. The van der Waals surface area contributed by atoms with E-state index >= 15 is 0 Å². The first-order valence-corrected chi connectivity index (χ1v) is 7.41. The molecule has 0 radical (unpaired) electrons. The number of nitrogens with one attached hydrogen (secondary N) is 1. The zero-order valence-corrected chi connectivity index (χ0v) is 13.3. The van der Waals surface area contributed by atoms with Gasteiger partial charge in [-0.1, -0.05) is 35.0 Å². The highest BCUT2D eigenvalue weighted by atomic mass is 16.5. The van der Waals surface area contributed by atoms with Crippen molar-refractivity contribution in [2.45, 2.75) is 27.3 Å². The molecule has 2 aromatic heterocycles. The molecule has 1 amide bonds. The smallest absolute Gasteiger partial charge is 0.290 e. The van der Waals surface area contributed by atoms with Crippen LogP contribution in [0.5, 0.6) is 0 Å². The molecule has 5 heteroatoms. The third-order valence-electron chi connectivity index (χ3n) is 3.66. The minimum Gasteiger partial charge on any atom is -0.466 e.